The van der Waals surface area contributed by atoms with Crippen molar-refractivity contribution in [3.63, 3.8) is 0 Å². The minimum Gasteiger partial charge on any atom is -0.412 e. The third-order valence-electron chi connectivity index (χ3n) is 2.79. The van der Waals surface area contributed by atoms with Gasteiger partial charge in [0.15, 0.2) is 0 Å². The van der Waals surface area contributed by atoms with Gasteiger partial charge in [-0.05, 0) is 39.5 Å². The standard InChI is InChI=1S/C7H14O2.C6H14O2.CH2O.H2O/c1-3-7-4-6(2)8-5-9-7;1-3-6(8)4-5(2)7;1-2;/h6-7H,3-5H2,1-2H3;5-8H,3-4H2,1-2H3;1H2;1H2/p+1/t6-,7?;5-,6?;;/m11../s1. The van der Waals surface area contributed by atoms with E-state index >= 15 is 0 Å². The zero-order chi connectivity index (χ0) is 15.3. The van der Waals surface area contributed by atoms with Gasteiger partial charge in [-0.15, -0.1) is 0 Å². The Morgan fingerprint density at radius 1 is 1.30 bits per heavy atom. The molecule has 1 heterocycles. The van der Waals surface area contributed by atoms with Crippen molar-refractivity contribution in [3.05, 3.63) is 0 Å². The molecule has 0 spiro atoms. The van der Waals surface area contributed by atoms with Crippen molar-refractivity contribution in [3.8, 4) is 0 Å². The predicted octanol–water partition coefficient (Wildman–Crippen LogP) is 1.18. The van der Waals surface area contributed by atoms with Gasteiger partial charge in [0, 0.05) is 0 Å². The third kappa shape index (κ3) is 15.5. The lowest BCUT2D eigenvalue weighted by Crippen LogP contribution is -2.28. The molecule has 0 radical (unpaired) electrons. The zero-order valence-corrected chi connectivity index (χ0v) is 13.2. The Kier molecular flexibility index (Phi) is 20.2. The SMILES string of the molecule is C=O.CCC(O)C[C@@H](C)O.CCC1C[C@@H](C)OCO1.O.[H+]. The Hall–Kier alpha value is -0.530. The van der Waals surface area contributed by atoms with Gasteiger partial charge in [0.1, 0.15) is 13.6 Å². The average Bonchev–Trinajstić information content (AvgIpc) is 2.41. The van der Waals surface area contributed by atoms with Crippen LogP contribution in [0, 0.1) is 0 Å². The van der Waals surface area contributed by atoms with Crippen LogP contribution < -0.4 is 0 Å². The molecule has 4 atom stereocenters. The molecule has 0 bridgehead atoms. The topological polar surface area (TPSA) is 107 Å². The van der Waals surface area contributed by atoms with Crippen LogP contribution in [0.25, 0.3) is 0 Å². The van der Waals surface area contributed by atoms with Gasteiger partial charge in [-0.1, -0.05) is 13.8 Å². The fourth-order valence-corrected chi connectivity index (χ4v) is 1.60. The maximum Gasteiger partial charge on any atom is 1.00 e. The van der Waals surface area contributed by atoms with Crippen LogP contribution in [-0.2, 0) is 14.3 Å². The first-order valence-corrected chi connectivity index (χ1v) is 6.87. The number of carbonyl (C=O) groups excluding carboxylic acids is 1. The molecule has 1 fully saturated rings. The molecular formula is C14H33O6+. The van der Waals surface area contributed by atoms with E-state index in [4.69, 9.17) is 24.5 Å². The van der Waals surface area contributed by atoms with Gasteiger partial charge in [0.05, 0.1) is 24.4 Å². The van der Waals surface area contributed by atoms with Gasteiger partial charge in [-0.2, -0.15) is 0 Å². The summed E-state index contributed by atoms with van der Waals surface area (Å²) in [7, 11) is 0. The van der Waals surface area contributed by atoms with E-state index in [1.807, 2.05) is 13.7 Å². The Bertz CT molecular complexity index is 194. The molecule has 1 rings (SSSR count). The van der Waals surface area contributed by atoms with Crippen molar-refractivity contribution in [2.75, 3.05) is 6.79 Å². The Morgan fingerprint density at radius 3 is 2.10 bits per heavy atom. The number of hydrogen-bond donors (Lipinski definition) is 2. The summed E-state index contributed by atoms with van der Waals surface area (Å²) in [6.07, 6.45) is 3.52. The number of ether oxygens (including phenoxy) is 2. The summed E-state index contributed by atoms with van der Waals surface area (Å²) in [5.41, 5.74) is 0. The second-order valence-electron chi connectivity index (χ2n) is 4.67. The van der Waals surface area contributed by atoms with E-state index in [0.29, 0.717) is 25.4 Å². The van der Waals surface area contributed by atoms with Crippen LogP contribution >= 0.6 is 0 Å². The summed E-state index contributed by atoms with van der Waals surface area (Å²) in [4.78, 5) is 8.00. The summed E-state index contributed by atoms with van der Waals surface area (Å²) >= 11 is 0. The molecule has 6 nitrogen and oxygen atoms in total. The van der Waals surface area contributed by atoms with E-state index < -0.39 is 0 Å². The van der Waals surface area contributed by atoms with Crippen LogP contribution in [0.4, 0.5) is 0 Å². The Labute approximate surface area is 123 Å². The normalized spacial score (nSPS) is 23.9. The minimum absolute atomic E-state index is 0. The monoisotopic (exact) mass is 297 g/mol. The molecular weight excluding hydrogens is 264 g/mol. The van der Waals surface area contributed by atoms with E-state index in [1.165, 1.54) is 0 Å². The van der Waals surface area contributed by atoms with E-state index in [9.17, 15) is 0 Å². The maximum atomic E-state index is 8.87. The van der Waals surface area contributed by atoms with Crippen molar-refractivity contribution in [2.24, 2.45) is 0 Å². The summed E-state index contributed by atoms with van der Waals surface area (Å²) < 4.78 is 10.5. The fourth-order valence-electron chi connectivity index (χ4n) is 1.60. The highest BCUT2D eigenvalue weighted by Gasteiger charge is 2.17. The van der Waals surface area contributed by atoms with Crippen molar-refractivity contribution >= 4 is 6.79 Å². The van der Waals surface area contributed by atoms with Gasteiger partial charge < -0.3 is 30.0 Å². The first-order valence-electron chi connectivity index (χ1n) is 6.87. The predicted molar refractivity (Wildman–Crippen MR) is 79.6 cm³/mol. The van der Waals surface area contributed by atoms with Crippen molar-refractivity contribution in [2.45, 2.75) is 77.8 Å². The molecule has 0 aliphatic carbocycles. The van der Waals surface area contributed by atoms with Gasteiger partial charge in [-0.25, -0.2) is 0 Å². The lowest BCUT2D eigenvalue weighted by Gasteiger charge is -2.26. The molecule has 0 aromatic heterocycles. The minimum atomic E-state index is -0.370. The Morgan fingerprint density at radius 2 is 1.85 bits per heavy atom. The molecule has 0 aromatic rings. The quantitative estimate of drug-likeness (QED) is 0.810. The zero-order valence-electron chi connectivity index (χ0n) is 14.2. The van der Waals surface area contributed by atoms with Gasteiger partial charge >= 0.3 is 1.43 Å². The number of aliphatic hydroxyl groups is 2. The summed E-state index contributed by atoms with van der Waals surface area (Å²) in [5.74, 6) is 0. The second-order valence-corrected chi connectivity index (χ2v) is 4.67. The molecule has 1 aliphatic heterocycles. The highest BCUT2D eigenvalue weighted by atomic mass is 16.7. The van der Waals surface area contributed by atoms with Crippen molar-refractivity contribution in [1.82, 2.24) is 0 Å². The van der Waals surface area contributed by atoms with Gasteiger partial charge in [-0.3, -0.25) is 0 Å². The summed E-state index contributed by atoms with van der Waals surface area (Å²) in [6, 6.07) is 0. The largest absolute Gasteiger partial charge is 1.00 e. The number of hydrogen-bond acceptors (Lipinski definition) is 5. The highest BCUT2D eigenvalue weighted by molar-refractivity contribution is 5.10. The number of carbonyl (C=O) groups is 1. The van der Waals surface area contributed by atoms with Crippen LogP contribution in [0.1, 0.15) is 54.8 Å². The molecule has 0 aromatic carbocycles. The molecule has 4 N–H and O–H groups in total. The van der Waals surface area contributed by atoms with Crippen LogP contribution in [0.2, 0.25) is 0 Å². The molecule has 20 heavy (non-hydrogen) atoms. The molecule has 0 amide bonds. The molecule has 6 heteroatoms. The first kappa shape index (κ1) is 24.5. The number of rotatable bonds is 4. The molecule has 2 unspecified atom stereocenters. The first-order chi connectivity index (χ1) is 8.99. The van der Waals surface area contributed by atoms with Crippen molar-refractivity contribution in [1.29, 1.82) is 0 Å². The average molecular weight is 297 g/mol. The number of aliphatic hydroxyl groups excluding tert-OH is 2. The second kappa shape index (κ2) is 16.5. The lowest BCUT2D eigenvalue weighted by atomic mass is 10.1. The van der Waals surface area contributed by atoms with Crippen LogP contribution in [0.15, 0.2) is 0 Å². The molecule has 124 valence electrons. The third-order valence-corrected chi connectivity index (χ3v) is 2.79. The van der Waals surface area contributed by atoms with Crippen molar-refractivity contribution < 1.29 is 31.4 Å². The van der Waals surface area contributed by atoms with Crippen LogP contribution in [-0.4, -0.2) is 53.7 Å². The van der Waals surface area contributed by atoms with Gasteiger partial charge in [0.25, 0.3) is 0 Å². The molecule has 1 saturated heterocycles. The van der Waals surface area contributed by atoms with E-state index in [2.05, 4.69) is 13.8 Å². The summed E-state index contributed by atoms with van der Waals surface area (Å²) in [6.45, 7) is 10.3. The Balaban J connectivity index is -0.000000114. The fraction of sp³-hybridized carbons (Fsp3) is 0.929. The lowest BCUT2D eigenvalue weighted by molar-refractivity contribution is -0.170. The molecule has 1 aliphatic rings. The van der Waals surface area contributed by atoms with E-state index in [-0.39, 0.29) is 19.1 Å². The summed E-state index contributed by atoms with van der Waals surface area (Å²) in [5, 5.41) is 17.6. The maximum absolute atomic E-state index is 8.87. The van der Waals surface area contributed by atoms with Crippen LogP contribution in [0.3, 0.4) is 0 Å². The van der Waals surface area contributed by atoms with Crippen LogP contribution in [0.5, 0.6) is 0 Å². The molecule has 0 saturated carbocycles. The van der Waals surface area contributed by atoms with Gasteiger partial charge in [0.2, 0.25) is 0 Å². The van der Waals surface area contributed by atoms with E-state index in [0.717, 1.165) is 19.3 Å². The highest BCUT2D eigenvalue weighted by Crippen LogP contribution is 2.14. The smallest absolute Gasteiger partial charge is 0.412 e. The van der Waals surface area contributed by atoms with E-state index in [1.54, 1.807) is 6.92 Å².